The number of fused-ring (bicyclic) bond motifs is 2. The van der Waals surface area contributed by atoms with E-state index in [4.69, 9.17) is 13.9 Å². The molecule has 0 N–H and O–H groups in total. The lowest BCUT2D eigenvalue weighted by molar-refractivity contribution is -0.225. The third-order valence-electron chi connectivity index (χ3n) is 6.37. The molecule has 0 aromatic carbocycles. The summed E-state index contributed by atoms with van der Waals surface area (Å²) in [5.74, 6) is -3.06. The van der Waals surface area contributed by atoms with Crippen molar-refractivity contribution in [3.05, 3.63) is 29.2 Å². The van der Waals surface area contributed by atoms with Crippen molar-refractivity contribution in [2.75, 3.05) is 13.2 Å². The molecule has 1 saturated heterocycles. The van der Waals surface area contributed by atoms with Gasteiger partial charge in [0.15, 0.2) is 17.9 Å². The van der Waals surface area contributed by atoms with Gasteiger partial charge < -0.3 is 18.1 Å². The molecule has 12 heteroatoms. The first-order chi connectivity index (χ1) is 13.9. The summed E-state index contributed by atoms with van der Waals surface area (Å²) in [5.41, 5.74) is -6.30. The summed E-state index contributed by atoms with van der Waals surface area (Å²) in [5, 5.41) is 0. The molecular formula is C18H20F3NO7S. The average molecular weight is 451 g/mol. The minimum atomic E-state index is -5.94. The predicted octanol–water partition coefficient (Wildman–Crippen LogP) is 3.24. The Hall–Kier alpha value is -1.92. The lowest BCUT2D eigenvalue weighted by atomic mass is 9.65. The van der Waals surface area contributed by atoms with Gasteiger partial charge in [-0.15, -0.1) is 0 Å². The van der Waals surface area contributed by atoms with E-state index in [1.807, 2.05) is 6.92 Å². The number of aromatic nitrogens is 1. The average Bonchev–Trinajstić information content (AvgIpc) is 3.35. The van der Waals surface area contributed by atoms with Gasteiger partial charge in [0, 0.05) is 29.7 Å². The zero-order valence-electron chi connectivity index (χ0n) is 16.2. The number of hydrogen-bond donors (Lipinski definition) is 0. The summed E-state index contributed by atoms with van der Waals surface area (Å²) < 4.78 is 83.6. The highest BCUT2D eigenvalue weighted by Crippen LogP contribution is 2.62. The van der Waals surface area contributed by atoms with Gasteiger partial charge >= 0.3 is 15.6 Å². The van der Waals surface area contributed by atoms with Gasteiger partial charge in [-0.05, 0) is 19.8 Å². The summed E-state index contributed by atoms with van der Waals surface area (Å²) in [4.78, 5) is 17.1. The van der Waals surface area contributed by atoms with Crippen molar-refractivity contribution in [1.29, 1.82) is 0 Å². The lowest BCUT2D eigenvalue weighted by Gasteiger charge is -2.45. The van der Waals surface area contributed by atoms with E-state index in [1.54, 1.807) is 0 Å². The van der Waals surface area contributed by atoms with E-state index in [-0.39, 0.29) is 29.9 Å². The Morgan fingerprint density at radius 2 is 1.93 bits per heavy atom. The molecule has 166 valence electrons. The summed E-state index contributed by atoms with van der Waals surface area (Å²) in [6.45, 7) is 4.07. The first-order valence-corrected chi connectivity index (χ1v) is 10.8. The fourth-order valence-electron chi connectivity index (χ4n) is 4.86. The van der Waals surface area contributed by atoms with Crippen molar-refractivity contribution in [3.63, 3.8) is 0 Å². The fraction of sp³-hybridized carbons (Fsp3) is 0.667. The molecule has 2 atom stereocenters. The summed E-state index contributed by atoms with van der Waals surface area (Å²) in [7, 11) is -5.94. The second-order valence-electron chi connectivity index (χ2n) is 7.87. The summed E-state index contributed by atoms with van der Waals surface area (Å²) in [6, 6.07) is 0. The lowest BCUT2D eigenvalue weighted by Crippen LogP contribution is -2.49. The van der Waals surface area contributed by atoms with Gasteiger partial charge in [-0.3, -0.25) is 4.79 Å². The van der Waals surface area contributed by atoms with Crippen LogP contribution in [-0.4, -0.2) is 43.7 Å². The molecule has 0 amide bonds. The van der Waals surface area contributed by atoms with Crippen LogP contribution in [0.4, 0.5) is 13.2 Å². The van der Waals surface area contributed by atoms with E-state index < -0.39 is 44.3 Å². The molecule has 2 aliphatic carbocycles. The van der Waals surface area contributed by atoms with Gasteiger partial charge in [0.25, 0.3) is 0 Å². The van der Waals surface area contributed by atoms with Gasteiger partial charge in [0.05, 0.1) is 18.9 Å². The van der Waals surface area contributed by atoms with Gasteiger partial charge in [-0.1, -0.05) is 6.92 Å². The van der Waals surface area contributed by atoms with E-state index in [0.717, 1.165) is 6.39 Å². The molecule has 3 aliphatic rings. The molecular weight excluding hydrogens is 431 g/mol. The minimum absolute atomic E-state index is 0.160. The van der Waals surface area contributed by atoms with Crippen molar-refractivity contribution in [2.45, 2.75) is 50.8 Å². The largest absolute Gasteiger partial charge is 0.534 e. The Bertz CT molecular complexity index is 1010. The number of oxazole rings is 1. The van der Waals surface area contributed by atoms with Crippen LogP contribution in [0.1, 0.15) is 48.9 Å². The van der Waals surface area contributed by atoms with Gasteiger partial charge in [-0.2, -0.15) is 21.6 Å². The Morgan fingerprint density at radius 3 is 2.50 bits per heavy atom. The molecule has 0 bridgehead atoms. The normalized spacial score (nSPS) is 28.8. The number of ketones is 1. The maximum Gasteiger partial charge on any atom is 0.534 e. The minimum Gasteiger partial charge on any atom is -0.440 e. The third-order valence-corrected chi connectivity index (χ3v) is 7.35. The van der Waals surface area contributed by atoms with E-state index in [9.17, 15) is 26.4 Å². The zero-order chi connectivity index (χ0) is 21.9. The number of carbonyl (C=O) groups excluding carboxylic acids is 1. The van der Waals surface area contributed by atoms with Gasteiger partial charge in [0.1, 0.15) is 5.76 Å². The number of ether oxygens (including phenoxy) is 2. The molecule has 30 heavy (non-hydrogen) atoms. The molecule has 1 aliphatic heterocycles. The smallest absolute Gasteiger partial charge is 0.440 e. The molecule has 2 heterocycles. The SMILES string of the molecule is Cc1ncoc1C(=O)C1=C(OS(=O)(=O)C(F)(F)F)CCC2(C)[C@H]1CCC21OCCO1. The highest BCUT2D eigenvalue weighted by atomic mass is 32.2. The predicted molar refractivity (Wildman–Crippen MR) is 93.4 cm³/mol. The number of hydrogen-bond acceptors (Lipinski definition) is 8. The van der Waals surface area contributed by atoms with Crippen molar-refractivity contribution in [3.8, 4) is 0 Å². The fourth-order valence-corrected chi connectivity index (χ4v) is 5.39. The van der Waals surface area contributed by atoms with Crippen LogP contribution in [0.5, 0.6) is 0 Å². The monoisotopic (exact) mass is 451 g/mol. The van der Waals surface area contributed by atoms with E-state index in [0.29, 0.717) is 26.1 Å². The summed E-state index contributed by atoms with van der Waals surface area (Å²) >= 11 is 0. The zero-order valence-corrected chi connectivity index (χ0v) is 17.1. The molecule has 1 aromatic heterocycles. The molecule has 1 spiro atoms. The van der Waals surface area contributed by atoms with Crippen LogP contribution in [0.2, 0.25) is 0 Å². The van der Waals surface area contributed by atoms with Crippen molar-refractivity contribution >= 4 is 15.9 Å². The molecule has 8 nitrogen and oxygen atoms in total. The third kappa shape index (κ3) is 2.99. The second-order valence-corrected chi connectivity index (χ2v) is 9.41. The van der Waals surface area contributed by atoms with Crippen molar-refractivity contribution in [1.82, 2.24) is 4.98 Å². The topological polar surface area (TPSA) is 105 Å². The van der Waals surface area contributed by atoms with Crippen LogP contribution in [0, 0.1) is 18.3 Å². The first-order valence-electron chi connectivity index (χ1n) is 9.38. The van der Waals surface area contributed by atoms with Gasteiger partial charge in [-0.25, -0.2) is 4.98 Å². The number of aryl methyl sites for hydroxylation is 1. The Morgan fingerprint density at radius 1 is 1.27 bits per heavy atom. The number of carbonyl (C=O) groups is 1. The maximum atomic E-state index is 13.3. The van der Waals surface area contributed by atoms with Crippen molar-refractivity contribution in [2.24, 2.45) is 11.3 Å². The molecule has 1 unspecified atom stereocenters. The highest BCUT2D eigenvalue weighted by molar-refractivity contribution is 7.87. The quantitative estimate of drug-likeness (QED) is 0.390. The second kappa shape index (κ2) is 6.79. The van der Waals surface area contributed by atoms with Gasteiger partial charge in [0.2, 0.25) is 5.78 Å². The molecule has 1 aromatic rings. The van der Waals surface area contributed by atoms with Crippen molar-refractivity contribution < 1.29 is 44.5 Å². The van der Waals surface area contributed by atoms with Crippen LogP contribution in [0.25, 0.3) is 0 Å². The maximum absolute atomic E-state index is 13.3. The number of allylic oxidation sites excluding steroid dienone is 2. The number of halogens is 3. The Balaban J connectivity index is 1.83. The standard InChI is InChI=1S/C18H20F3NO7S/c1-10-15(26-9-22-10)14(23)13-11-3-6-17(27-7-8-28-17)16(11,2)5-4-12(13)29-30(24,25)18(19,20)21/h9,11H,3-8H2,1-2H3/t11-,16?/m0/s1. The number of Topliss-reactive ketones (excluding diaryl/α,β-unsaturated/α-hetero) is 1. The number of rotatable bonds is 4. The van der Waals surface area contributed by atoms with Crippen LogP contribution in [-0.2, 0) is 23.8 Å². The number of alkyl halides is 3. The molecule has 4 rings (SSSR count). The van der Waals surface area contributed by atoms with E-state index in [2.05, 4.69) is 9.17 Å². The molecule has 1 saturated carbocycles. The van der Waals surface area contributed by atoms with E-state index >= 15 is 0 Å². The van der Waals surface area contributed by atoms with Crippen LogP contribution in [0.3, 0.4) is 0 Å². The van der Waals surface area contributed by atoms with Crippen LogP contribution >= 0.6 is 0 Å². The summed E-state index contributed by atoms with van der Waals surface area (Å²) in [6.07, 6.45) is 1.83. The first kappa shape index (κ1) is 21.3. The number of nitrogens with zero attached hydrogens (tertiary/aromatic N) is 1. The highest BCUT2D eigenvalue weighted by Gasteiger charge is 2.64. The Kier molecular flexibility index (Phi) is 4.83. The Labute approximate surface area is 170 Å². The van der Waals surface area contributed by atoms with E-state index in [1.165, 1.54) is 6.92 Å². The van der Waals surface area contributed by atoms with Crippen LogP contribution in [0.15, 0.2) is 22.1 Å². The molecule has 2 fully saturated rings. The molecule has 0 radical (unpaired) electrons. The van der Waals surface area contributed by atoms with Crippen LogP contribution < -0.4 is 0 Å².